The molecule has 1 aliphatic heterocycles. The second-order valence-corrected chi connectivity index (χ2v) is 1.63. The van der Waals surface area contributed by atoms with Crippen LogP contribution in [0.3, 0.4) is 0 Å². The Morgan fingerprint density at radius 1 is 1.43 bits per heavy atom. The molecule has 2 heteroatoms. The van der Waals surface area contributed by atoms with E-state index < -0.39 is 0 Å². The van der Waals surface area contributed by atoms with Crippen LogP contribution in [-0.2, 0) is 4.74 Å². The van der Waals surface area contributed by atoms with Gasteiger partial charge in [0.05, 0.1) is 6.26 Å². The summed E-state index contributed by atoms with van der Waals surface area (Å²) in [6, 6.07) is 0. The molecule has 0 radical (unpaired) electrons. The molecule has 1 atom stereocenters. The predicted molar refractivity (Wildman–Crippen MR) is 29.0 cm³/mol. The normalized spacial score (nSPS) is 27.3. The van der Waals surface area contributed by atoms with E-state index in [0.29, 0.717) is 0 Å². The summed E-state index contributed by atoms with van der Waals surface area (Å²) < 4.78 is 4.78. The maximum atomic E-state index is 5.46. The first-order valence-electron chi connectivity index (χ1n) is 2.02. The van der Waals surface area contributed by atoms with Crippen LogP contribution in [0, 0.1) is 0 Å². The SMILES string of the molecule is ClC1C=CC=CO1. The van der Waals surface area contributed by atoms with Crippen molar-refractivity contribution in [3.05, 3.63) is 24.5 Å². The molecule has 1 nitrogen and oxygen atoms in total. The average molecular weight is 117 g/mol. The Labute approximate surface area is 47.2 Å². The van der Waals surface area contributed by atoms with Gasteiger partial charge in [0.1, 0.15) is 0 Å². The zero-order valence-corrected chi connectivity index (χ0v) is 4.43. The van der Waals surface area contributed by atoms with Gasteiger partial charge in [-0.25, -0.2) is 0 Å². The molecule has 0 saturated heterocycles. The smallest absolute Gasteiger partial charge is 0.190 e. The van der Waals surface area contributed by atoms with E-state index in [9.17, 15) is 0 Å². The van der Waals surface area contributed by atoms with Gasteiger partial charge in [-0.1, -0.05) is 17.7 Å². The summed E-state index contributed by atoms with van der Waals surface area (Å²) in [5, 5.41) is 0. The number of hydrogen-bond acceptors (Lipinski definition) is 1. The topological polar surface area (TPSA) is 9.23 Å². The Hall–Kier alpha value is -0.430. The van der Waals surface area contributed by atoms with E-state index in [1.54, 1.807) is 18.4 Å². The van der Waals surface area contributed by atoms with Gasteiger partial charge >= 0.3 is 0 Å². The largest absolute Gasteiger partial charge is 0.479 e. The fourth-order valence-electron chi connectivity index (χ4n) is 0.363. The number of allylic oxidation sites excluding steroid dienone is 2. The summed E-state index contributed by atoms with van der Waals surface area (Å²) >= 11 is 5.46. The van der Waals surface area contributed by atoms with Gasteiger partial charge in [-0.3, -0.25) is 0 Å². The van der Waals surface area contributed by atoms with Crippen molar-refractivity contribution in [2.45, 2.75) is 5.56 Å². The van der Waals surface area contributed by atoms with Crippen LogP contribution in [0.5, 0.6) is 0 Å². The molecule has 0 aromatic carbocycles. The Kier molecular flexibility index (Phi) is 1.37. The number of rotatable bonds is 0. The summed E-state index contributed by atoms with van der Waals surface area (Å²) in [6.07, 6.45) is 6.97. The molecular formula is C5H5ClO. The molecule has 0 bridgehead atoms. The average Bonchev–Trinajstić information content (AvgIpc) is 1.69. The summed E-state index contributed by atoms with van der Waals surface area (Å²) in [7, 11) is 0. The second kappa shape index (κ2) is 2.03. The Morgan fingerprint density at radius 3 is 2.57 bits per heavy atom. The van der Waals surface area contributed by atoms with Crippen molar-refractivity contribution < 1.29 is 4.74 Å². The fraction of sp³-hybridized carbons (Fsp3) is 0.200. The molecule has 0 aliphatic carbocycles. The lowest BCUT2D eigenvalue weighted by molar-refractivity contribution is 0.251. The first-order valence-corrected chi connectivity index (χ1v) is 2.46. The maximum absolute atomic E-state index is 5.46. The molecule has 0 aromatic heterocycles. The Bertz CT molecular complexity index is 107. The van der Waals surface area contributed by atoms with E-state index in [1.807, 2.05) is 6.08 Å². The molecule has 0 saturated carbocycles. The lowest BCUT2D eigenvalue weighted by atomic mass is 10.4. The van der Waals surface area contributed by atoms with Crippen LogP contribution < -0.4 is 0 Å². The van der Waals surface area contributed by atoms with E-state index in [0.717, 1.165) is 0 Å². The third kappa shape index (κ3) is 1.24. The van der Waals surface area contributed by atoms with Crippen molar-refractivity contribution in [1.29, 1.82) is 0 Å². The van der Waals surface area contributed by atoms with Crippen molar-refractivity contribution in [3.63, 3.8) is 0 Å². The molecule has 0 amide bonds. The highest BCUT2D eigenvalue weighted by molar-refractivity contribution is 6.20. The van der Waals surface area contributed by atoms with Gasteiger partial charge in [-0.05, 0) is 12.2 Å². The number of hydrogen-bond donors (Lipinski definition) is 0. The van der Waals surface area contributed by atoms with Crippen molar-refractivity contribution in [2.24, 2.45) is 0 Å². The molecule has 7 heavy (non-hydrogen) atoms. The van der Waals surface area contributed by atoms with Crippen LogP contribution in [0.25, 0.3) is 0 Å². The number of halogens is 1. The summed E-state index contributed by atoms with van der Waals surface area (Å²) in [5.74, 6) is 0. The van der Waals surface area contributed by atoms with Crippen LogP contribution in [-0.4, -0.2) is 5.56 Å². The van der Waals surface area contributed by atoms with Gasteiger partial charge in [-0.2, -0.15) is 0 Å². The highest BCUT2D eigenvalue weighted by Crippen LogP contribution is 2.04. The minimum atomic E-state index is -0.259. The molecular weight excluding hydrogens is 112 g/mol. The van der Waals surface area contributed by atoms with E-state index in [-0.39, 0.29) is 5.56 Å². The molecule has 1 rings (SSSR count). The number of ether oxygens (including phenoxy) is 1. The predicted octanol–water partition coefficient (Wildman–Crippen LogP) is 1.65. The Morgan fingerprint density at radius 2 is 2.29 bits per heavy atom. The van der Waals surface area contributed by atoms with Gasteiger partial charge in [0.25, 0.3) is 0 Å². The van der Waals surface area contributed by atoms with Gasteiger partial charge in [0.2, 0.25) is 0 Å². The van der Waals surface area contributed by atoms with E-state index >= 15 is 0 Å². The van der Waals surface area contributed by atoms with Crippen LogP contribution in [0.1, 0.15) is 0 Å². The monoisotopic (exact) mass is 116 g/mol. The number of alkyl halides is 1. The molecule has 0 fully saturated rings. The van der Waals surface area contributed by atoms with Crippen molar-refractivity contribution >= 4 is 11.6 Å². The first kappa shape index (κ1) is 4.72. The summed E-state index contributed by atoms with van der Waals surface area (Å²) in [6.45, 7) is 0. The highest BCUT2D eigenvalue weighted by Gasteiger charge is 1.95. The highest BCUT2D eigenvalue weighted by atomic mass is 35.5. The molecule has 1 aliphatic rings. The molecule has 0 aromatic rings. The van der Waals surface area contributed by atoms with Gasteiger partial charge in [0, 0.05) is 0 Å². The maximum Gasteiger partial charge on any atom is 0.190 e. The third-order valence-electron chi connectivity index (χ3n) is 0.661. The Balaban J connectivity index is 2.49. The standard InChI is InChI=1S/C5H5ClO/c6-5-3-1-2-4-7-5/h1-5H. The van der Waals surface area contributed by atoms with Gasteiger partial charge in [0.15, 0.2) is 5.56 Å². The minimum Gasteiger partial charge on any atom is -0.479 e. The van der Waals surface area contributed by atoms with E-state index in [2.05, 4.69) is 0 Å². The molecule has 38 valence electrons. The van der Waals surface area contributed by atoms with Crippen molar-refractivity contribution in [1.82, 2.24) is 0 Å². The van der Waals surface area contributed by atoms with Crippen LogP contribution in [0.2, 0.25) is 0 Å². The zero-order valence-electron chi connectivity index (χ0n) is 3.67. The summed E-state index contributed by atoms with van der Waals surface area (Å²) in [4.78, 5) is 0. The van der Waals surface area contributed by atoms with Crippen LogP contribution in [0.4, 0.5) is 0 Å². The summed E-state index contributed by atoms with van der Waals surface area (Å²) in [5.41, 5.74) is -0.259. The zero-order chi connectivity index (χ0) is 5.11. The lowest BCUT2D eigenvalue weighted by Gasteiger charge is -2.04. The molecule has 1 heterocycles. The molecule has 0 spiro atoms. The molecule has 1 unspecified atom stereocenters. The molecule has 0 N–H and O–H groups in total. The van der Waals surface area contributed by atoms with Crippen LogP contribution >= 0.6 is 11.6 Å². The van der Waals surface area contributed by atoms with E-state index in [1.165, 1.54) is 0 Å². The second-order valence-electron chi connectivity index (χ2n) is 1.20. The first-order chi connectivity index (χ1) is 3.39. The third-order valence-corrected chi connectivity index (χ3v) is 0.909. The van der Waals surface area contributed by atoms with E-state index in [4.69, 9.17) is 16.3 Å². The van der Waals surface area contributed by atoms with Crippen LogP contribution in [0.15, 0.2) is 24.5 Å². The lowest BCUT2D eigenvalue weighted by Crippen LogP contribution is -1.96. The fourth-order valence-corrected chi connectivity index (χ4v) is 0.506. The van der Waals surface area contributed by atoms with Crippen molar-refractivity contribution in [2.75, 3.05) is 0 Å². The van der Waals surface area contributed by atoms with Gasteiger partial charge < -0.3 is 4.74 Å². The van der Waals surface area contributed by atoms with Crippen molar-refractivity contribution in [3.8, 4) is 0 Å². The minimum absolute atomic E-state index is 0.259. The quantitative estimate of drug-likeness (QED) is 0.438. The van der Waals surface area contributed by atoms with Gasteiger partial charge in [-0.15, -0.1) is 0 Å².